The number of carboxylic acids is 1. The van der Waals surface area contributed by atoms with Gasteiger partial charge in [-0.15, -0.1) is 0 Å². The summed E-state index contributed by atoms with van der Waals surface area (Å²) in [5, 5.41) is 14.2. The molecule has 0 spiro atoms. The van der Waals surface area contributed by atoms with E-state index >= 15 is 0 Å². The van der Waals surface area contributed by atoms with Gasteiger partial charge in [-0.1, -0.05) is 64.6 Å². The number of nitrogens with zero attached hydrogens (tertiary/aromatic N) is 2. The summed E-state index contributed by atoms with van der Waals surface area (Å²) in [6, 6.07) is 12.7. The van der Waals surface area contributed by atoms with Gasteiger partial charge in [-0.25, -0.2) is 4.79 Å². The average Bonchev–Trinajstić information content (AvgIpc) is 3.24. The molecule has 1 saturated heterocycles. The Kier molecular flexibility index (Phi) is 11.1. The van der Waals surface area contributed by atoms with Gasteiger partial charge in [0.25, 0.3) is 11.8 Å². The second-order valence-corrected chi connectivity index (χ2v) is 13.1. The molecule has 1 fully saturated rings. The Morgan fingerprint density at radius 3 is 2.59 bits per heavy atom. The number of anilines is 1. The Morgan fingerprint density at radius 1 is 1.14 bits per heavy atom. The van der Waals surface area contributed by atoms with Crippen LogP contribution in [-0.2, 0) is 25.7 Å². The lowest BCUT2D eigenvalue weighted by Gasteiger charge is -2.29. The van der Waals surface area contributed by atoms with E-state index in [-0.39, 0.29) is 60.5 Å². The molecular formula is C30H32N4O8S2. The number of carboxylic acid groups (broad SMARTS) is 1. The number of fused-ring (bicyclic) bond motifs is 1. The normalized spacial score (nSPS) is 16.7. The molecule has 2 aliphatic rings. The Balaban J connectivity index is 1.23. The van der Waals surface area contributed by atoms with Gasteiger partial charge in [0.1, 0.15) is 19.2 Å². The molecule has 0 aromatic heterocycles. The lowest BCUT2D eigenvalue weighted by Crippen LogP contribution is -2.51. The molecule has 2 aromatic carbocycles. The number of aliphatic carboxylic acids is 1. The number of amides is 5. The molecule has 0 aliphatic carbocycles. The molecule has 2 aliphatic heterocycles. The summed E-state index contributed by atoms with van der Waals surface area (Å²) in [6.07, 6.45) is 0.0218. The quantitative estimate of drug-likeness (QED) is 0.166. The maximum absolute atomic E-state index is 13.2. The predicted octanol–water partition coefficient (Wildman–Crippen LogP) is 3.90. The van der Waals surface area contributed by atoms with E-state index in [1.165, 1.54) is 44.7 Å². The number of piperidine rings is 1. The molecule has 232 valence electrons. The smallest absolute Gasteiger partial charge is 0.411 e. The van der Waals surface area contributed by atoms with Gasteiger partial charge in [0, 0.05) is 29.7 Å². The summed E-state index contributed by atoms with van der Waals surface area (Å²) in [5.41, 5.74) is 1.55. The van der Waals surface area contributed by atoms with Crippen molar-refractivity contribution in [1.29, 1.82) is 0 Å². The highest BCUT2D eigenvalue weighted by molar-refractivity contribution is 8.76. The minimum Gasteiger partial charge on any atom is -0.480 e. The van der Waals surface area contributed by atoms with Crippen molar-refractivity contribution in [2.24, 2.45) is 0 Å². The molecule has 0 saturated carbocycles. The number of rotatable bonds is 13. The van der Waals surface area contributed by atoms with Crippen LogP contribution in [0.5, 0.6) is 0 Å². The molecule has 1 unspecified atom stereocenters. The summed E-state index contributed by atoms with van der Waals surface area (Å²) in [5.74, 6) is -2.69. The Labute approximate surface area is 261 Å². The van der Waals surface area contributed by atoms with E-state index in [1.54, 1.807) is 0 Å². The third kappa shape index (κ3) is 8.20. The van der Waals surface area contributed by atoms with Gasteiger partial charge in [0.15, 0.2) is 0 Å². The summed E-state index contributed by atoms with van der Waals surface area (Å²) in [7, 11) is 2.81. The van der Waals surface area contributed by atoms with Gasteiger partial charge < -0.3 is 20.1 Å². The molecule has 2 atom stereocenters. The number of imide groups is 1. The van der Waals surface area contributed by atoms with Gasteiger partial charge in [-0.3, -0.25) is 34.2 Å². The fourth-order valence-electron chi connectivity index (χ4n) is 4.72. The van der Waals surface area contributed by atoms with E-state index in [9.17, 15) is 33.9 Å². The third-order valence-corrected chi connectivity index (χ3v) is 9.66. The van der Waals surface area contributed by atoms with Crippen LogP contribution < -0.4 is 10.6 Å². The number of nitrogens with one attached hydrogen (secondary N) is 2. The first-order valence-electron chi connectivity index (χ1n) is 13.8. The first kappa shape index (κ1) is 32.6. The van der Waals surface area contributed by atoms with Crippen LogP contribution >= 0.6 is 21.6 Å². The van der Waals surface area contributed by atoms with Crippen molar-refractivity contribution in [1.82, 2.24) is 15.1 Å². The van der Waals surface area contributed by atoms with Crippen molar-refractivity contribution >= 4 is 63.0 Å². The minimum atomic E-state index is -1.09. The van der Waals surface area contributed by atoms with Gasteiger partial charge in [0.2, 0.25) is 11.8 Å². The van der Waals surface area contributed by atoms with E-state index < -0.39 is 35.8 Å². The van der Waals surface area contributed by atoms with Crippen LogP contribution in [0.1, 0.15) is 52.5 Å². The highest BCUT2D eigenvalue weighted by atomic mass is 33.1. The monoisotopic (exact) mass is 640 g/mol. The predicted molar refractivity (Wildman–Crippen MR) is 166 cm³/mol. The minimum absolute atomic E-state index is 0.00139. The highest BCUT2D eigenvalue weighted by Crippen LogP contribution is 2.33. The Hall–Kier alpha value is -4.30. The SMILES string of the molecule is C=C1CCC(N2C(=O)c3cccc(NC(=O)OC[C@@H](C)SSCCC(=O)N(CC(=O)O)Cc4ccccc4)c3C2=O)C(=O)N1. The first-order valence-corrected chi connectivity index (χ1v) is 16.2. The number of carbonyl (C=O) groups excluding carboxylic acids is 5. The summed E-state index contributed by atoms with van der Waals surface area (Å²) >= 11 is 0. The van der Waals surface area contributed by atoms with Crippen LogP contribution in [-0.4, -0.2) is 80.8 Å². The fraction of sp³-hybridized carbons (Fsp3) is 0.333. The van der Waals surface area contributed by atoms with Crippen molar-refractivity contribution in [3.8, 4) is 0 Å². The standard InChI is InChI=1S/C30H32N4O8S2/c1-18-11-12-23(27(38)31-18)34-28(39)21-9-6-10-22(26(21)29(34)40)32-30(41)42-17-19(2)44-43-14-13-24(35)33(16-25(36)37)15-20-7-4-3-5-8-20/h3-10,19,23H,1,11-17H2,2H3,(H,31,38)(H,32,41)(H,36,37)/t19-,23?/m1/s1. The fourth-order valence-corrected chi connectivity index (χ4v) is 6.83. The van der Waals surface area contributed by atoms with Crippen LogP contribution in [0.3, 0.4) is 0 Å². The van der Waals surface area contributed by atoms with Crippen LogP contribution in [0, 0.1) is 0 Å². The molecule has 2 aromatic rings. The summed E-state index contributed by atoms with van der Waals surface area (Å²) in [6.45, 7) is 5.39. The van der Waals surface area contributed by atoms with Crippen LogP contribution in [0.25, 0.3) is 0 Å². The summed E-state index contributed by atoms with van der Waals surface area (Å²) < 4.78 is 5.32. The highest BCUT2D eigenvalue weighted by Gasteiger charge is 2.45. The van der Waals surface area contributed by atoms with E-state index in [0.717, 1.165) is 10.5 Å². The second kappa shape index (κ2) is 14.9. The van der Waals surface area contributed by atoms with E-state index in [0.29, 0.717) is 17.9 Å². The largest absolute Gasteiger partial charge is 0.480 e. The number of benzene rings is 2. The zero-order chi connectivity index (χ0) is 31.8. The molecule has 4 rings (SSSR count). The number of allylic oxidation sites excluding steroid dienone is 1. The molecule has 0 bridgehead atoms. The van der Waals surface area contributed by atoms with Crippen molar-refractivity contribution < 1.29 is 38.6 Å². The maximum Gasteiger partial charge on any atom is 0.411 e. The number of ether oxygens (including phenoxy) is 1. The molecule has 3 N–H and O–H groups in total. The number of hydrogen-bond donors (Lipinski definition) is 3. The third-order valence-electron chi connectivity index (χ3n) is 6.79. The van der Waals surface area contributed by atoms with Crippen LogP contribution in [0.4, 0.5) is 10.5 Å². The van der Waals surface area contributed by atoms with Crippen molar-refractivity contribution in [3.05, 3.63) is 77.5 Å². The summed E-state index contributed by atoms with van der Waals surface area (Å²) in [4.78, 5) is 77.4. The molecule has 5 amide bonds. The topological polar surface area (TPSA) is 162 Å². The lowest BCUT2D eigenvalue weighted by molar-refractivity contribution is -0.144. The zero-order valence-corrected chi connectivity index (χ0v) is 25.6. The maximum atomic E-state index is 13.2. The van der Waals surface area contributed by atoms with E-state index in [2.05, 4.69) is 17.2 Å². The van der Waals surface area contributed by atoms with Gasteiger partial charge in [0.05, 0.1) is 16.8 Å². The van der Waals surface area contributed by atoms with Gasteiger partial charge in [-0.2, -0.15) is 0 Å². The molecule has 0 radical (unpaired) electrons. The molecule has 44 heavy (non-hydrogen) atoms. The second-order valence-electron chi connectivity index (χ2n) is 10.2. The molecule has 2 heterocycles. The molecule has 14 heteroatoms. The van der Waals surface area contributed by atoms with E-state index in [1.807, 2.05) is 37.3 Å². The van der Waals surface area contributed by atoms with E-state index in [4.69, 9.17) is 4.74 Å². The lowest BCUT2D eigenvalue weighted by atomic mass is 10.0. The van der Waals surface area contributed by atoms with Crippen LogP contribution in [0.15, 0.2) is 60.8 Å². The van der Waals surface area contributed by atoms with Crippen molar-refractivity contribution in [2.75, 3.05) is 24.2 Å². The van der Waals surface area contributed by atoms with Gasteiger partial charge >= 0.3 is 12.1 Å². The van der Waals surface area contributed by atoms with Crippen molar-refractivity contribution in [2.45, 2.75) is 44.0 Å². The zero-order valence-electron chi connectivity index (χ0n) is 23.9. The number of hydrogen-bond acceptors (Lipinski definition) is 9. The van der Waals surface area contributed by atoms with Crippen LogP contribution in [0.2, 0.25) is 0 Å². The molecule has 12 nitrogen and oxygen atoms in total. The number of carbonyl (C=O) groups is 6. The Morgan fingerprint density at radius 2 is 1.89 bits per heavy atom. The molecular weight excluding hydrogens is 608 g/mol. The average molecular weight is 641 g/mol. The Bertz CT molecular complexity index is 1470. The first-order chi connectivity index (χ1) is 21.0. The van der Waals surface area contributed by atoms with Gasteiger partial charge in [-0.05, 0) is 37.5 Å². The van der Waals surface area contributed by atoms with Crippen molar-refractivity contribution in [3.63, 3.8) is 0 Å².